The van der Waals surface area contributed by atoms with Crippen molar-refractivity contribution in [1.29, 1.82) is 0 Å². The number of benzene rings is 1. The van der Waals surface area contributed by atoms with Crippen molar-refractivity contribution in [3.63, 3.8) is 0 Å². The first kappa shape index (κ1) is 14.4. The zero-order valence-electron chi connectivity index (χ0n) is 9.98. The molecule has 0 fully saturated rings. The molecule has 0 aliphatic rings. The van der Waals surface area contributed by atoms with Gasteiger partial charge in [0.25, 0.3) is 0 Å². The molecule has 1 aromatic carbocycles. The van der Waals surface area contributed by atoms with Crippen molar-refractivity contribution in [2.45, 2.75) is 33.1 Å². The van der Waals surface area contributed by atoms with Gasteiger partial charge in [-0.2, -0.15) is 0 Å². The minimum absolute atomic E-state index is 0.262. The lowest BCUT2D eigenvalue weighted by Crippen LogP contribution is -1.97. The maximum atomic E-state index is 11.4. The van der Waals surface area contributed by atoms with Crippen molar-refractivity contribution in [3.8, 4) is 0 Å². The smallest absolute Gasteiger partial charge is 0.162 e. The van der Waals surface area contributed by atoms with Crippen molar-refractivity contribution in [3.05, 3.63) is 48.2 Å². The van der Waals surface area contributed by atoms with Gasteiger partial charge in [0.2, 0.25) is 0 Å². The number of unbranched alkanes of at least 4 members (excludes halogenated alkanes) is 1. The summed E-state index contributed by atoms with van der Waals surface area (Å²) in [5.41, 5.74) is 0.839. The summed E-state index contributed by atoms with van der Waals surface area (Å²) in [5, 5.41) is 9.12. The molecule has 0 saturated carbocycles. The number of hydrogen-bond acceptors (Lipinski definition) is 1. The van der Waals surface area contributed by atoms with E-state index in [1.807, 2.05) is 30.3 Å². The van der Waals surface area contributed by atoms with Crippen LogP contribution in [-0.4, -0.2) is 5.78 Å². The van der Waals surface area contributed by atoms with Crippen LogP contribution in [-0.2, 0) is 5.11 Å². The van der Waals surface area contributed by atoms with E-state index >= 15 is 0 Å². The summed E-state index contributed by atoms with van der Waals surface area (Å²) in [6, 6.07) is 9.48. The molecule has 0 bridgehead atoms. The molecule has 0 aromatic heterocycles. The molecule has 0 saturated heterocycles. The third kappa shape index (κ3) is 6.82. The second-order valence-electron chi connectivity index (χ2n) is 3.36. The first-order valence-electron chi connectivity index (χ1n) is 5.57. The van der Waals surface area contributed by atoms with Crippen LogP contribution in [0.5, 0.6) is 0 Å². The van der Waals surface area contributed by atoms with E-state index in [9.17, 15) is 4.79 Å². The largest absolute Gasteiger partial charge is 0.299 e. The second-order valence-corrected chi connectivity index (χ2v) is 3.36. The van der Waals surface area contributed by atoms with Crippen molar-refractivity contribution in [2.75, 3.05) is 0 Å². The number of ketones is 1. The zero-order chi connectivity index (χ0) is 12.2. The second kappa shape index (κ2) is 9.97. The van der Waals surface area contributed by atoms with Gasteiger partial charge in [0, 0.05) is 12.0 Å². The Morgan fingerprint density at radius 1 is 1.25 bits per heavy atom. The molecule has 0 unspecified atom stereocenters. The van der Waals surface area contributed by atoms with Gasteiger partial charge >= 0.3 is 0 Å². The van der Waals surface area contributed by atoms with E-state index in [4.69, 9.17) is 5.11 Å². The maximum absolute atomic E-state index is 11.4. The topological polar surface area (TPSA) is 37.0 Å². The Kier molecular flexibility index (Phi) is 8.99. The minimum Gasteiger partial charge on any atom is -0.299 e. The fourth-order valence-corrected chi connectivity index (χ4v) is 1.11. The Morgan fingerprint density at radius 2 is 1.81 bits per heavy atom. The number of Topliss-reactive ketones (excluding diaryl/α,β-unsaturated/α-hetero) is 1. The number of carbonyl (C=O) groups excluding carboxylic acids is 1. The number of allylic oxidation sites excluding steroid dienone is 1. The van der Waals surface area contributed by atoms with Crippen LogP contribution in [0.4, 0.5) is 0 Å². The number of rotatable bonds is 4. The van der Waals surface area contributed by atoms with Crippen LogP contribution in [0.3, 0.4) is 0 Å². The Hall–Kier alpha value is -1.57. The average Bonchev–Trinajstić information content (AvgIpc) is 2.37. The summed E-state index contributed by atoms with van der Waals surface area (Å²) in [6.45, 7) is 3.78. The molecule has 1 rings (SSSR count). The standard InChI is InChI=1S/C11H14O.C3H5O/c1-2-3-9-11(12)10-7-5-4-6-8-10;1-2-3-4/h4-8H,2-3,9H2,1H3;2-3H,1H3. The molecule has 87 valence electrons. The third-order valence-electron chi connectivity index (χ3n) is 1.99. The fourth-order valence-electron chi connectivity index (χ4n) is 1.11. The molecule has 0 N–H and O–H groups in total. The van der Waals surface area contributed by atoms with Gasteiger partial charge in [-0.15, -0.1) is 0 Å². The van der Waals surface area contributed by atoms with Gasteiger partial charge in [-0.3, -0.25) is 9.90 Å². The van der Waals surface area contributed by atoms with Gasteiger partial charge in [0.05, 0.1) is 0 Å². The summed E-state index contributed by atoms with van der Waals surface area (Å²) in [6.07, 6.45) is 4.95. The minimum atomic E-state index is 0.262. The number of carbonyl (C=O) groups is 1. The molecule has 0 heterocycles. The molecular weight excluding hydrogens is 200 g/mol. The third-order valence-corrected chi connectivity index (χ3v) is 1.99. The lowest BCUT2D eigenvalue weighted by atomic mass is 10.1. The molecule has 1 aromatic rings. The molecule has 1 radical (unpaired) electrons. The highest BCUT2D eigenvalue weighted by atomic mass is 16.2. The van der Waals surface area contributed by atoms with Crippen molar-refractivity contribution >= 4 is 5.78 Å². The first-order chi connectivity index (χ1) is 7.76. The van der Waals surface area contributed by atoms with Crippen LogP contribution < -0.4 is 0 Å². The monoisotopic (exact) mass is 219 g/mol. The van der Waals surface area contributed by atoms with Crippen molar-refractivity contribution in [2.24, 2.45) is 0 Å². The molecule has 0 aliphatic heterocycles. The van der Waals surface area contributed by atoms with Crippen LogP contribution in [0.15, 0.2) is 42.7 Å². The Morgan fingerprint density at radius 3 is 2.25 bits per heavy atom. The van der Waals surface area contributed by atoms with Gasteiger partial charge in [-0.05, 0) is 19.4 Å². The van der Waals surface area contributed by atoms with Crippen molar-refractivity contribution in [1.82, 2.24) is 0 Å². The van der Waals surface area contributed by atoms with E-state index in [0.717, 1.165) is 24.7 Å². The number of hydrogen-bond donors (Lipinski definition) is 0. The molecule has 0 aliphatic carbocycles. The van der Waals surface area contributed by atoms with Crippen LogP contribution in [0.25, 0.3) is 0 Å². The lowest BCUT2D eigenvalue weighted by molar-refractivity contribution is 0.0980. The van der Waals surface area contributed by atoms with Crippen molar-refractivity contribution < 1.29 is 9.90 Å². The summed E-state index contributed by atoms with van der Waals surface area (Å²) in [5.74, 6) is 0.262. The van der Waals surface area contributed by atoms with Crippen LogP contribution in [0.2, 0.25) is 0 Å². The van der Waals surface area contributed by atoms with Crippen LogP contribution in [0, 0.1) is 0 Å². The summed E-state index contributed by atoms with van der Waals surface area (Å²) >= 11 is 0. The van der Waals surface area contributed by atoms with Gasteiger partial charge in [0.15, 0.2) is 5.78 Å². The van der Waals surface area contributed by atoms with E-state index in [0.29, 0.717) is 6.42 Å². The average molecular weight is 219 g/mol. The summed E-state index contributed by atoms with van der Waals surface area (Å²) in [7, 11) is 0. The summed E-state index contributed by atoms with van der Waals surface area (Å²) < 4.78 is 0. The van der Waals surface area contributed by atoms with Gasteiger partial charge in [0.1, 0.15) is 6.26 Å². The normalized spacial score (nSPS) is 9.62. The van der Waals surface area contributed by atoms with Gasteiger partial charge < -0.3 is 0 Å². The molecular formula is C14H19O2. The highest BCUT2D eigenvalue weighted by Crippen LogP contribution is 2.05. The van der Waals surface area contributed by atoms with Crippen LogP contribution in [0.1, 0.15) is 43.5 Å². The first-order valence-corrected chi connectivity index (χ1v) is 5.57. The maximum Gasteiger partial charge on any atom is 0.162 e. The molecule has 16 heavy (non-hydrogen) atoms. The molecule has 2 heteroatoms. The lowest BCUT2D eigenvalue weighted by Gasteiger charge is -1.97. The van der Waals surface area contributed by atoms with Crippen LogP contribution >= 0.6 is 0 Å². The fraction of sp³-hybridized carbons (Fsp3) is 0.357. The molecule has 0 atom stereocenters. The highest BCUT2D eigenvalue weighted by Gasteiger charge is 2.02. The summed E-state index contributed by atoms with van der Waals surface area (Å²) in [4.78, 5) is 11.4. The molecule has 0 spiro atoms. The van der Waals surface area contributed by atoms with E-state index in [1.54, 1.807) is 6.92 Å². The van der Waals surface area contributed by atoms with E-state index in [-0.39, 0.29) is 5.78 Å². The van der Waals surface area contributed by atoms with E-state index in [1.165, 1.54) is 6.08 Å². The Balaban J connectivity index is 0.000000487. The predicted molar refractivity (Wildman–Crippen MR) is 65.8 cm³/mol. The predicted octanol–water partition coefficient (Wildman–Crippen LogP) is 4.01. The molecule has 0 amide bonds. The Bertz CT molecular complexity index is 298. The Labute approximate surface area is 97.6 Å². The zero-order valence-corrected chi connectivity index (χ0v) is 9.98. The molecule has 2 nitrogen and oxygen atoms in total. The van der Waals surface area contributed by atoms with E-state index < -0.39 is 0 Å². The van der Waals surface area contributed by atoms with Gasteiger partial charge in [-0.1, -0.05) is 43.7 Å². The highest BCUT2D eigenvalue weighted by molar-refractivity contribution is 5.95. The quantitative estimate of drug-likeness (QED) is 0.556. The van der Waals surface area contributed by atoms with E-state index in [2.05, 4.69) is 6.92 Å². The SMILES string of the molecule is CC=C[O].CCCCC(=O)c1ccccc1. The van der Waals surface area contributed by atoms with Gasteiger partial charge in [-0.25, -0.2) is 0 Å².